The monoisotopic (exact) mass is 218 g/mol. The molecule has 2 rings (SSSR count). The Morgan fingerprint density at radius 3 is 2.75 bits per heavy atom. The average Bonchev–Trinajstić information content (AvgIpc) is 2.36. The number of nitrogens with zero attached hydrogens (tertiary/aromatic N) is 1. The van der Waals surface area contributed by atoms with Crippen molar-refractivity contribution >= 4 is 10.8 Å². The van der Waals surface area contributed by atoms with Crippen LogP contribution < -0.4 is 5.73 Å². The van der Waals surface area contributed by atoms with Crippen molar-refractivity contribution in [2.75, 3.05) is 6.54 Å². The molecule has 0 radical (unpaired) electrons. The van der Waals surface area contributed by atoms with Gasteiger partial charge in [0.1, 0.15) is 6.10 Å². The van der Waals surface area contributed by atoms with E-state index in [4.69, 9.17) is 5.73 Å². The molecule has 1 aromatic heterocycles. The molecule has 2 unspecified atom stereocenters. The van der Waals surface area contributed by atoms with Gasteiger partial charge in [-0.1, -0.05) is 12.1 Å². The lowest BCUT2D eigenvalue weighted by Gasteiger charge is -2.16. The first-order valence-electron chi connectivity index (χ1n) is 5.12. The van der Waals surface area contributed by atoms with Gasteiger partial charge in [-0.3, -0.25) is 4.98 Å². The molecule has 84 valence electrons. The Labute approximate surface area is 93.4 Å². The quantitative estimate of drug-likeness (QED) is 0.704. The van der Waals surface area contributed by atoms with Gasteiger partial charge in [-0.2, -0.15) is 0 Å². The molecule has 1 heterocycles. The van der Waals surface area contributed by atoms with E-state index in [1.807, 2.05) is 18.2 Å². The van der Waals surface area contributed by atoms with Gasteiger partial charge >= 0.3 is 0 Å². The third-order valence-electron chi connectivity index (χ3n) is 2.61. The topological polar surface area (TPSA) is 79.4 Å². The molecule has 0 aliphatic rings. The third kappa shape index (κ3) is 2.04. The smallest absolute Gasteiger partial charge is 0.106 e. The summed E-state index contributed by atoms with van der Waals surface area (Å²) >= 11 is 0. The van der Waals surface area contributed by atoms with Crippen LogP contribution in [0, 0.1) is 0 Å². The standard InChI is InChI=1S/C12H14N2O2/c13-6-11(15)12(16)9-1-2-10-7-14-4-3-8(10)5-9/h1-5,7,11-12,15-16H,6,13H2. The molecule has 0 saturated carbocycles. The van der Waals surface area contributed by atoms with Gasteiger partial charge in [0.05, 0.1) is 6.10 Å². The number of aromatic nitrogens is 1. The average molecular weight is 218 g/mol. The predicted octanol–water partition coefficient (Wildman–Crippen LogP) is 0.588. The Kier molecular flexibility index (Phi) is 3.14. The van der Waals surface area contributed by atoms with Crippen molar-refractivity contribution in [1.82, 2.24) is 4.98 Å². The highest BCUT2D eigenvalue weighted by Gasteiger charge is 2.16. The summed E-state index contributed by atoms with van der Waals surface area (Å²) in [5, 5.41) is 21.3. The number of aliphatic hydroxyl groups is 2. The van der Waals surface area contributed by atoms with E-state index in [0.29, 0.717) is 5.56 Å². The van der Waals surface area contributed by atoms with E-state index in [9.17, 15) is 10.2 Å². The van der Waals surface area contributed by atoms with Crippen molar-refractivity contribution in [2.45, 2.75) is 12.2 Å². The summed E-state index contributed by atoms with van der Waals surface area (Å²) in [5.41, 5.74) is 5.97. The molecule has 0 spiro atoms. The van der Waals surface area contributed by atoms with E-state index >= 15 is 0 Å². The van der Waals surface area contributed by atoms with Crippen molar-refractivity contribution in [2.24, 2.45) is 5.73 Å². The summed E-state index contributed by atoms with van der Waals surface area (Å²) in [6, 6.07) is 7.33. The minimum atomic E-state index is -0.942. The second kappa shape index (κ2) is 4.57. The molecule has 2 atom stereocenters. The van der Waals surface area contributed by atoms with E-state index in [2.05, 4.69) is 4.98 Å². The van der Waals surface area contributed by atoms with Gasteiger partial charge in [-0.15, -0.1) is 0 Å². The first kappa shape index (κ1) is 11.0. The van der Waals surface area contributed by atoms with Crippen molar-refractivity contribution in [1.29, 1.82) is 0 Å². The van der Waals surface area contributed by atoms with Gasteiger partial charge in [-0.25, -0.2) is 0 Å². The van der Waals surface area contributed by atoms with Crippen LogP contribution in [-0.2, 0) is 0 Å². The fourth-order valence-electron chi connectivity index (χ4n) is 1.64. The summed E-state index contributed by atoms with van der Waals surface area (Å²) in [6.45, 7) is 0.0373. The van der Waals surface area contributed by atoms with Crippen LogP contribution >= 0.6 is 0 Å². The minimum absolute atomic E-state index is 0.0373. The van der Waals surface area contributed by atoms with Crippen LogP contribution in [-0.4, -0.2) is 27.8 Å². The summed E-state index contributed by atoms with van der Waals surface area (Å²) in [7, 11) is 0. The van der Waals surface area contributed by atoms with Gasteiger partial charge < -0.3 is 15.9 Å². The molecule has 0 amide bonds. The molecule has 4 N–H and O–H groups in total. The van der Waals surface area contributed by atoms with E-state index in [1.165, 1.54) is 0 Å². The van der Waals surface area contributed by atoms with Gasteiger partial charge in [0.15, 0.2) is 0 Å². The summed E-state index contributed by atoms with van der Waals surface area (Å²) in [4.78, 5) is 4.01. The first-order chi connectivity index (χ1) is 7.72. The van der Waals surface area contributed by atoms with Gasteiger partial charge in [0, 0.05) is 24.3 Å². The molecule has 0 saturated heterocycles. The highest BCUT2D eigenvalue weighted by atomic mass is 16.3. The predicted molar refractivity (Wildman–Crippen MR) is 61.8 cm³/mol. The lowest BCUT2D eigenvalue weighted by atomic mass is 10.0. The Hall–Kier alpha value is -1.49. The number of rotatable bonds is 3. The minimum Gasteiger partial charge on any atom is -0.389 e. The van der Waals surface area contributed by atoms with E-state index < -0.39 is 12.2 Å². The van der Waals surface area contributed by atoms with Crippen LogP contribution in [0.5, 0.6) is 0 Å². The van der Waals surface area contributed by atoms with Gasteiger partial charge in [0.2, 0.25) is 0 Å². The maximum Gasteiger partial charge on any atom is 0.106 e. The summed E-state index contributed by atoms with van der Waals surface area (Å²) in [5.74, 6) is 0. The molecule has 4 heteroatoms. The van der Waals surface area contributed by atoms with Crippen LogP contribution in [0.1, 0.15) is 11.7 Å². The highest BCUT2D eigenvalue weighted by Crippen LogP contribution is 2.21. The number of pyridine rings is 1. The summed E-state index contributed by atoms with van der Waals surface area (Å²) in [6.07, 6.45) is 1.57. The number of aliphatic hydroxyl groups excluding tert-OH is 2. The fraction of sp³-hybridized carbons (Fsp3) is 0.250. The SMILES string of the molecule is NCC(O)C(O)c1ccc2cnccc2c1. The molecular formula is C12H14N2O2. The second-order valence-corrected chi connectivity index (χ2v) is 3.73. The molecule has 0 aliphatic heterocycles. The molecule has 0 fully saturated rings. The first-order valence-corrected chi connectivity index (χ1v) is 5.12. The zero-order chi connectivity index (χ0) is 11.5. The van der Waals surface area contributed by atoms with Crippen LogP contribution in [0.3, 0.4) is 0 Å². The summed E-state index contributed by atoms with van der Waals surface area (Å²) < 4.78 is 0. The van der Waals surface area contributed by atoms with Gasteiger partial charge in [-0.05, 0) is 23.1 Å². The highest BCUT2D eigenvalue weighted by molar-refractivity contribution is 5.82. The third-order valence-corrected chi connectivity index (χ3v) is 2.61. The molecular weight excluding hydrogens is 204 g/mol. The maximum absolute atomic E-state index is 9.80. The maximum atomic E-state index is 9.80. The van der Waals surface area contributed by atoms with Crippen molar-refractivity contribution in [3.63, 3.8) is 0 Å². The molecule has 0 aliphatic carbocycles. The van der Waals surface area contributed by atoms with Crippen molar-refractivity contribution in [3.05, 3.63) is 42.2 Å². The zero-order valence-corrected chi connectivity index (χ0v) is 8.74. The Bertz CT molecular complexity index is 487. The number of hydrogen-bond donors (Lipinski definition) is 3. The van der Waals surface area contributed by atoms with Crippen molar-refractivity contribution in [3.8, 4) is 0 Å². The van der Waals surface area contributed by atoms with E-state index in [0.717, 1.165) is 10.8 Å². The lowest BCUT2D eigenvalue weighted by Crippen LogP contribution is -2.27. The zero-order valence-electron chi connectivity index (χ0n) is 8.74. The van der Waals surface area contributed by atoms with Crippen LogP contribution in [0.2, 0.25) is 0 Å². The second-order valence-electron chi connectivity index (χ2n) is 3.73. The molecule has 16 heavy (non-hydrogen) atoms. The van der Waals surface area contributed by atoms with Crippen molar-refractivity contribution < 1.29 is 10.2 Å². The van der Waals surface area contributed by atoms with Crippen LogP contribution in [0.4, 0.5) is 0 Å². The largest absolute Gasteiger partial charge is 0.389 e. The number of hydrogen-bond acceptors (Lipinski definition) is 4. The molecule has 4 nitrogen and oxygen atoms in total. The normalized spacial score (nSPS) is 14.9. The Balaban J connectivity index is 2.39. The Morgan fingerprint density at radius 1 is 1.19 bits per heavy atom. The van der Waals surface area contributed by atoms with Crippen LogP contribution in [0.15, 0.2) is 36.7 Å². The van der Waals surface area contributed by atoms with Crippen LogP contribution in [0.25, 0.3) is 10.8 Å². The van der Waals surface area contributed by atoms with E-state index in [1.54, 1.807) is 18.5 Å². The fourth-order valence-corrected chi connectivity index (χ4v) is 1.64. The Morgan fingerprint density at radius 2 is 2.00 bits per heavy atom. The number of benzene rings is 1. The lowest BCUT2D eigenvalue weighted by molar-refractivity contribution is 0.0244. The number of fused-ring (bicyclic) bond motifs is 1. The van der Waals surface area contributed by atoms with Gasteiger partial charge in [0.25, 0.3) is 0 Å². The number of nitrogens with two attached hydrogens (primary N) is 1. The molecule has 0 bridgehead atoms. The molecule has 2 aromatic rings. The van der Waals surface area contributed by atoms with E-state index in [-0.39, 0.29) is 6.54 Å². The molecule has 1 aromatic carbocycles.